The average molecular weight is 338 g/mol. The Balaban J connectivity index is 2.66. The van der Waals surface area contributed by atoms with Gasteiger partial charge in [-0.2, -0.15) is 0 Å². The van der Waals surface area contributed by atoms with Gasteiger partial charge in [-0.25, -0.2) is 0 Å². The Hall–Kier alpha value is 0.647. The predicted octanol–water partition coefficient (Wildman–Crippen LogP) is 4.53. The Kier molecular flexibility index (Phi) is 4.46. The maximum atomic E-state index is 6.43. The van der Waals surface area contributed by atoms with Gasteiger partial charge < -0.3 is 4.43 Å². The Morgan fingerprint density at radius 1 is 1.47 bits per heavy atom. The van der Waals surface area contributed by atoms with Crippen LogP contribution in [-0.4, -0.2) is 18.8 Å². The van der Waals surface area contributed by atoms with E-state index in [4.69, 9.17) is 4.43 Å². The summed E-state index contributed by atoms with van der Waals surface area (Å²) in [6, 6.07) is 0. The Labute approximate surface area is 109 Å². The fourth-order valence-electron chi connectivity index (χ4n) is 1.54. The van der Waals surface area contributed by atoms with Crippen LogP contribution in [0.5, 0.6) is 0 Å². The molecule has 0 aliphatic heterocycles. The lowest BCUT2D eigenvalue weighted by atomic mass is 10.2. The zero-order valence-electron chi connectivity index (χ0n) is 10.6. The standard InChI is InChI=1S/C12H23IOSi/c1-12(2,3)15(4,5)14-11-8-6-7-10(11)9-13/h7,11H,6,8-9H2,1-5H3. The summed E-state index contributed by atoms with van der Waals surface area (Å²) in [5.74, 6) is 0. The molecule has 1 aliphatic rings. The largest absolute Gasteiger partial charge is 0.410 e. The molecule has 0 radical (unpaired) electrons. The molecule has 0 N–H and O–H groups in total. The van der Waals surface area contributed by atoms with Crippen LogP contribution in [0.15, 0.2) is 11.6 Å². The number of hydrogen-bond acceptors (Lipinski definition) is 1. The second-order valence-electron chi connectivity index (χ2n) is 5.86. The van der Waals surface area contributed by atoms with Crippen LogP contribution in [0.3, 0.4) is 0 Å². The number of allylic oxidation sites excluding steroid dienone is 1. The summed E-state index contributed by atoms with van der Waals surface area (Å²) in [5.41, 5.74) is 1.51. The molecule has 1 aliphatic carbocycles. The monoisotopic (exact) mass is 338 g/mol. The van der Waals surface area contributed by atoms with Crippen molar-refractivity contribution in [1.29, 1.82) is 0 Å². The van der Waals surface area contributed by atoms with Gasteiger partial charge in [-0.3, -0.25) is 0 Å². The normalized spacial score (nSPS) is 23.1. The van der Waals surface area contributed by atoms with E-state index in [1.807, 2.05) is 0 Å². The van der Waals surface area contributed by atoms with Crippen LogP contribution in [0.25, 0.3) is 0 Å². The fourth-order valence-corrected chi connectivity index (χ4v) is 3.68. The maximum absolute atomic E-state index is 6.43. The van der Waals surface area contributed by atoms with Crippen LogP contribution < -0.4 is 0 Å². The topological polar surface area (TPSA) is 9.23 Å². The SMILES string of the molecule is CC(C)(C)[Si](C)(C)OC1CCC=C1CI. The van der Waals surface area contributed by atoms with Crippen LogP contribution in [-0.2, 0) is 4.43 Å². The van der Waals surface area contributed by atoms with Gasteiger partial charge in [-0.1, -0.05) is 49.4 Å². The fraction of sp³-hybridized carbons (Fsp3) is 0.833. The minimum absolute atomic E-state index is 0.325. The summed E-state index contributed by atoms with van der Waals surface area (Å²) in [7, 11) is -1.57. The second kappa shape index (κ2) is 4.88. The molecule has 0 fully saturated rings. The molecule has 1 nitrogen and oxygen atoms in total. The van der Waals surface area contributed by atoms with Crippen molar-refractivity contribution in [2.75, 3.05) is 4.43 Å². The zero-order valence-corrected chi connectivity index (χ0v) is 13.7. The van der Waals surface area contributed by atoms with Gasteiger partial charge in [0.15, 0.2) is 8.32 Å². The number of alkyl halides is 1. The molecule has 0 aromatic carbocycles. The van der Waals surface area contributed by atoms with E-state index in [2.05, 4.69) is 62.5 Å². The van der Waals surface area contributed by atoms with E-state index in [9.17, 15) is 0 Å². The molecule has 1 rings (SSSR count). The van der Waals surface area contributed by atoms with Gasteiger partial charge in [0.1, 0.15) is 0 Å². The highest BCUT2D eigenvalue weighted by Gasteiger charge is 2.40. The Morgan fingerprint density at radius 3 is 2.53 bits per heavy atom. The highest BCUT2D eigenvalue weighted by Crippen LogP contribution is 2.39. The number of rotatable bonds is 3. The molecule has 15 heavy (non-hydrogen) atoms. The lowest BCUT2D eigenvalue weighted by Crippen LogP contribution is -2.44. The van der Waals surface area contributed by atoms with Gasteiger partial charge in [0.2, 0.25) is 0 Å². The molecule has 0 aromatic heterocycles. The molecule has 0 bridgehead atoms. The third kappa shape index (κ3) is 3.30. The molecule has 0 aromatic rings. The van der Waals surface area contributed by atoms with Crippen molar-refractivity contribution in [2.45, 2.75) is 57.8 Å². The lowest BCUT2D eigenvalue weighted by molar-refractivity contribution is 0.215. The third-order valence-corrected chi connectivity index (χ3v) is 9.01. The molecule has 88 valence electrons. The summed E-state index contributed by atoms with van der Waals surface area (Å²) < 4.78 is 7.55. The molecule has 0 saturated carbocycles. The summed E-state index contributed by atoms with van der Waals surface area (Å²) in [4.78, 5) is 0. The molecule has 1 unspecified atom stereocenters. The first-order valence-electron chi connectivity index (χ1n) is 5.70. The van der Waals surface area contributed by atoms with Crippen molar-refractivity contribution >= 4 is 30.9 Å². The van der Waals surface area contributed by atoms with E-state index < -0.39 is 8.32 Å². The third-order valence-electron chi connectivity index (χ3n) is 3.65. The zero-order chi connectivity index (χ0) is 11.7. The van der Waals surface area contributed by atoms with Crippen molar-refractivity contribution in [1.82, 2.24) is 0 Å². The van der Waals surface area contributed by atoms with Gasteiger partial charge in [0.25, 0.3) is 0 Å². The molecule has 0 spiro atoms. The Morgan fingerprint density at radius 2 is 2.07 bits per heavy atom. The van der Waals surface area contributed by atoms with Crippen molar-refractivity contribution in [3.63, 3.8) is 0 Å². The molecular formula is C12H23IOSi. The van der Waals surface area contributed by atoms with Crippen molar-refractivity contribution in [2.24, 2.45) is 0 Å². The summed E-state index contributed by atoms with van der Waals surface area (Å²) in [6.45, 7) is 11.6. The maximum Gasteiger partial charge on any atom is 0.192 e. The second-order valence-corrected chi connectivity index (χ2v) is 11.4. The summed E-state index contributed by atoms with van der Waals surface area (Å²) >= 11 is 2.44. The first-order valence-corrected chi connectivity index (χ1v) is 10.1. The molecule has 3 heteroatoms. The molecule has 1 atom stereocenters. The van der Waals surface area contributed by atoms with E-state index in [0.29, 0.717) is 11.1 Å². The van der Waals surface area contributed by atoms with Crippen LogP contribution in [0.4, 0.5) is 0 Å². The van der Waals surface area contributed by atoms with E-state index >= 15 is 0 Å². The Bertz CT molecular complexity index is 253. The first-order chi connectivity index (χ1) is 6.78. The number of halogens is 1. The highest BCUT2D eigenvalue weighted by atomic mass is 127. The molecular weight excluding hydrogens is 315 g/mol. The summed E-state index contributed by atoms with van der Waals surface area (Å²) in [6.07, 6.45) is 5.19. The first kappa shape index (κ1) is 13.7. The van der Waals surface area contributed by atoms with Crippen LogP contribution in [0.1, 0.15) is 33.6 Å². The minimum atomic E-state index is -1.57. The lowest BCUT2D eigenvalue weighted by Gasteiger charge is -2.39. The smallest absolute Gasteiger partial charge is 0.192 e. The average Bonchev–Trinajstić information content (AvgIpc) is 2.48. The van der Waals surface area contributed by atoms with Crippen LogP contribution in [0, 0.1) is 0 Å². The minimum Gasteiger partial charge on any atom is -0.410 e. The summed E-state index contributed by atoms with van der Waals surface area (Å²) in [5, 5.41) is 0.325. The molecule has 0 heterocycles. The van der Waals surface area contributed by atoms with Crippen molar-refractivity contribution < 1.29 is 4.43 Å². The van der Waals surface area contributed by atoms with Gasteiger partial charge in [0, 0.05) is 4.43 Å². The van der Waals surface area contributed by atoms with Gasteiger partial charge >= 0.3 is 0 Å². The van der Waals surface area contributed by atoms with E-state index in [0.717, 1.165) is 4.43 Å². The van der Waals surface area contributed by atoms with Gasteiger partial charge in [-0.05, 0) is 36.5 Å². The van der Waals surface area contributed by atoms with Gasteiger partial charge in [0.05, 0.1) is 6.10 Å². The van der Waals surface area contributed by atoms with Crippen LogP contribution >= 0.6 is 22.6 Å². The van der Waals surface area contributed by atoms with Crippen molar-refractivity contribution in [3.05, 3.63) is 11.6 Å². The highest BCUT2D eigenvalue weighted by molar-refractivity contribution is 14.1. The molecule has 0 amide bonds. The molecule has 0 saturated heterocycles. The van der Waals surface area contributed by atoms with Gasteiger partial charge in [-0.15, -0.1) is 0 Å². The van der Waals surface area contributed by atoms with E-state index in [1.54, 1.807) is 0 Å². The van der Waals surface area contributed by atoms with E-state index in [-0.39, 0.29) is 0 Å². The van der Waals surface area contributed by atoms with Crippen molar-refractivity contribution in [3.8, 4) is 0 Å². The quantitative estimate of drug-likeness (QED) is 0.318. The predicted molar refractivity (Wildman–Crippen MR) is 78.3 cm³/mol. The number of hydrogen-bond donors (Lipinski definition) is 0. The van der Waals surface area contributed by atoms with Crippen LogP contribution in [0.2, 0.25) is 18.1 Å². The van der Waals surface area contributed by atoms with E-state index in [1.165, 1.54) is 18.4 Å².